The number of nitrogens with one attached hydrogen (secondary N) is 2. The van der Waals surface area contributed by atoms with E-state index in [2.05, 4.69) is 26.6 Å². The summed E-state index contributed by atoms with van der Waals surface area (Å²) in [5, 5.41) is 6.29. The highest BCUT2D eigenvalue weighted by Crippen LogP contribution is 2.23. The molecule has 1 fully saturated rings. The molecule has 0 saturated carbocycles. The molecule has 1 aliphatic rings. The summed E-state index contributed by atoms with van der Waals surface area (Å²) in [6, 6.07) is 6.24. The van der Waals surface area contributed by atoms with Crippen LogP contribution < -0.4 is 15.4 Å². The number of rotatable bonds is 5. The predicted octanol–water partition coefficient (Wildman–Crippen LogP) is 1.83. The van der Waals surface area contributed by atoms with Crippen molar-refractivity contribution in [1.29, 1.82) is 0 Å². The van der Waals surface area contributed by atoms with Gasteiger partial charge in [-0.3, -0.25) is 4.79 Å². The first-order valence-corrected chi connectivity index (χ1v) is 6.81. The van der Waals surface area contributed by atoms with E-state index in [-0.39, 0.29) is 11.9 Å². The largest absolute Gasteiger partial charge is 0.496 e. The van der Waals surface area contributed by atoms with Gasteiger partial charge in [0.15, 0.2) is 0 Å². The number of hydrogen-bond donors (Lipinski definition) is 2. The third-order valence-corrected chi connectivity index (χ3v) is 3.53. The van der Waals surface area contributed by atoms with Crippen molar-refractivity contribution >= 4 is 21.8 Å². The highest BCUT2D eigenvalue weighted by molar-refractivity contribution is 9.10. The summed E-state index contributed by atoms with van der Waals surface area (Å²) in [4.78, 5) is 11.1. The van der Waals surface area contributed by atoms with Crippen molar-refractivity contribution in [3.63, 3.8) is 0 Å². The van der Waals surface area contributed by atoms with Crippen LogP contribution in [0.3, 0.4) is 0 Å². The van der Waals surface area contributed by atoms with Crippen LogP contribution in [0.2, 0.25) is 0 Å². The van der Waals surface area contributed by atoms with Crippen LogP contribution in [0, 0.1) is 0 Å². The zero-order valence-electron chi connectivity index (χ0n) is 10.3. The van der Waals surface area contributed by atoms with Crippen LogP contribution in [0.1, 0.15) is 18.4 Å². The monoisotopic (exact) mass is 312 g/mol. The van der Waals surface area contributed by atoms with Crippen molar-refractivity contribution < 1.29 is 9.53 Å². The second kappa shape index (κ2) is 6.20. The molecular weight excluding hydrogens is 296 g/mol. The Bertz CT molecular complexity index is 437. The quantitative estimate of drug-likeness (QED) is 0.872. The van der Waals surface area contributed by atoms with E-state index in [0.717, 1.165) is 35.3 Å². The Morgan fingerprint density at radius 1 is 1.56 bits per heavy atom. The summed E-state index contributed by atoms with van der Waals surface area (Å²) >= 11 is 3.42. The van der Waals surface area contributed by atoms with Gasteiger partial charge in [-0.2, -0.15) is 0 Å². The molecule has 1 amide bonds. The Morgan fingerprint density at radius 3 is 3.06 bits per heavy atom. The molecule has 1 saturated heterocycles. The molecule has 1 heterocycles. The van der Waals surface area contributed by atoms with Gasteiger partial charge in [0.2, 0.25) is 5.91 Å². The SMILES string of the molecule is COc1cc(Br)ccc1CNC[C@@H]1CCC(=O)N1. The summed E-state index contributed by atoms with van der Waals surface area (Å²) in [7, 11) is 1.67. The number of methoxy groups -OCH3 is 1. The van der Waals surface area contributed by atoms with E-state index < -0.39 is 0 Å². The van der Waals surface area contributed by atoms with Gasteiger partial charge in [-0.1, -0.05) is 22.0 Å². The van der Waals surface area contributed by atoms with Gasteiger partial charge in [0.25, 0.3) is 0 Å². The van der Waals surface area contributed by atoms with Crippen molar-refractivity contribution in [2.75, 3.05) is 13.7 Å². The maximum atomic E-state index is 11.1. The molecule has 1 aromatic rings. The fourth-order valence-corrected chi connectivity index (χ4v) is 2.42. The van der Waals surface area contributed by atoms with E-state index in [9.17, 15) is 4.79 Å². The summed E-state index contributed by atoms with van der Waals surface area (Å²) in [6.45, 7) is 1.54. The van der Waals surface area contributed by atoms with Crippen LogP contribution in [-0.2, 0) is 11.3 Å². The molecule has 0 aromatic heterocycles. The topological polar surface area (TPSA) is 50.4 Å². The number of hydrogen-bond acceptors (Lipinski definition) is 3. The predicted molar refractivity (Wildman–Crippen MR) is 73.6 cm³/mol. The zero-order chi connectivity index (χ0) is 13.0. The van der Waals surface area contributed by atoms with E-state index in [4.69, 9.17) is 4.74 Å². The van der Waals surface area contributed by atoms with Crippen LogP contribution >= 0.6 is 15.9 Å². The lowest BCUT2D eigenvalue weighted by Crippen LogP contribution is -2.35. The minimum Gasteiger partial charge on any atom is -0.496 e. The normalized spacial score (nSPS) is 18.8. The molecule has 5 heteroatoms. The van der Waals surface area contributed by atoms with E-state index >= 15 is 0 Å². The smallest absolute Gasteiger partial charge is 0.220 e. The van der Waals surface area contributed by atoms with Crippen molar-refractivity contribution in [2.24, 2.45) is 0 Å². The van der Waals surface area contributed by atoms with Crippen molar-refractivity contribution in [1.82, 2.24) is 10.6 Å². The van der Waals surface area contributed by atoms with Crippen LogP contribution in [0.4, 0.5) is 0 Å². The van der Waals surface area contributed by atoms with Gasteiger partial charge < -0.3 is 15.4 Å². The molecule has 1 aromatic carbocycles. The number of amides is 1. The van der Waals surface area contributed by atoms with E-state index in [1.54, 1.807) is 7.11 Å². The zero-order valence-corrected chi connectivity index (χ0v) is 11.9. The highest BCUT2D eigenvalue weighted by atomic mass is 79.9. The first kappa shape index (κ1) is 13.4. The van der Waals surface area contributed by atoms with Crippen LogP contribution in [0.25, 0.3) is 0 Å². The third kappa shape index (κ3) is 3.46. The molecule has 18 heavy (non-hydrogen) atoms. The lowest BCUT2D eigenvalue weighted by atomic mass is 10.2. The van der Waals surface area contributed by atoms with Crippen LogP contribution in [0.15, 0.2) is 22.7 Å². The summed E-state index contributed by atoms with van der Waals surface area (Å²) < 4.78 is 6.33. The van der Waals surface area contributed by atoms with Gasteiger partial charge in [-0.25, -0.2) is 0 Å². The fourth-order valence-electron chi connectivity index (χ4n) is 2.08. The third-order valence-electron chi connectivity index (χ3n) is 3.04. The Labute approximate surface area is 115 Å². The second-order valence-electron chi connectivity index (χ2n) is 4.39. The first-order chi connectivity index (χ1) is 8.69. The number of halogens is 1. The fraction of sp³-hybridized carbons (Fsp3) is 0.462. The Morgan fingerprint density at radius 2 is 2.39 bits per heavy atom. The minimum absolute atomic E-state index is 0.156. The van der Waals surface area contributed by atoms with Gasteiger partial charge in [0.05, 0.1) is 7.11 Å². The summed E-state index contributed by atoms with van der Waals surface area (Å²) in [5.74, 6) is 1.02. The standard InChI is InChI=1S/C13H17BrN2O2/c1-18-12-6-10(14)3-2-9(12)7-15-8-11-4-5-13(17)16-11/h2-3,6,11,15H,4-5,7-8H2,1H3,(H,16,17)/t11-/m0/s1. The molecule has 2 N–H and O–H groups in total. The molecule has 98 valence electrons. The molecule has 0 spiro atoms. The number of benzene rings is 1. The lowest BCUT2D eigenvalue weighted by Gasteiger charge is -2.13. The number of ether oxygens (including phenoxy) is 1. The molecule has 0 aliphatic carbocycles. The number of carbonyl (C=O) groups excluding carboxylic acids is 1. The Kier molecular flexibility index (Phi) is 4.60. The van der Waals surface area contributed by atoms with E-state index in [0.29, 0.717) is 6.42 Å². The molecule has 0 unspecified atom stereocenters. The molecule has 0 radical (unpaired) electrons. The van der Waals surface area contributed by atoms with Gasteiger partial charge in [-0.05, 0) is 18.6 Å². The first-order valence-electron chi connectivity index (χ1n) is 6.01. The molecule has 4 nitrogen and oxygen atoms in total. The lowest BCUT2D eigenvalue weighted by molar-refractivity contribution is -0.119. The molecule has 2 rings (SSSR count). The highest BCUT2D eigenvalue weighted by Gasteiger charge is 2.19. The van der Waals surface area contributed by atoms with Crippen molar-refractivity contribution in [2.45, 2.75) is 25.4 Å². The summed E-state index contributed by atoms with van der Waals surface area (Å²) in [5.41, 5.74) is 1.12. The van der Waals surface area contributed by atoms with Crippen LogP contribution in [0.5, 0.6) is 5.75 Å². The number of carbonyl (C=O) groups is 1. The molecule has 0 bridgehead atoms. The van der Waals surface area contributed by atoms with E-state index in [1.165, 1.54) is 0 Å². The van der Waals surface area contributed by atoms with Crippen molar-refractivity contribution in [3.8, 4) is 5.75 Å². The molecular formula is C13H17BrN2O2. The minimum atomic E-state index is 0.156. The van der Waals surface area contributed by atoms with Gasteiger partial charge in [-0.15, -0.1) is 0 Å². The van der Waals surface area contributed by atoms with Crippen molar-refractivity contribution in [3.05, 3.63) is 28.2 Å². The average molecular weight is 313 g/mol. The average Bonchev–Trinajstić information content (AvgIpc) is 2.77. The molecule has 1 atom stereocenters. The Hall–Kier alpha value is -1.07. The maximum absolute atomic E-state index is 11.1. The Balaban J connectivity index is 1.84. The summed E-state index contributed by atoms with van der Waals surface area (Å²) in [6.07, 6.45) is 1.57. The maximum Gasteiger partial charge on any atom is 0.220 e. The molecule has 1 aliphatic heterocycles. The van der Waals surface area contributed by atoms with E-state index in [1.807, 2.05) is 18.2 Å². The van der Waals surface area contributed by atoms with Gasteiger partial charge in [0.1, 0.15) is 5.75 Å². The van der Waals surface area contributed by atoms with Gasteiger partial charge >= 0.3 is 0 Å². The second-order valence-corrected chi connectivity index (χ2v) is 5.31. The van der Waals surface area contributed by atoms with Crippen LogP contribution in [-0.4, -0.2) is 25.6 Å². The van der Waals surface area contributed by atoms with Gasteiger partial charge in [0, 0.05) is 35.6 Å².